The molecular formula is C26H30N2O3. The summed E-state index contributed by atoms with van der Waals surface area (Å²) in [6, 6.07) is 5.83. The van der Waals surface area contributed by atoms with Crippen molar-refractivity contribution in [1.82, 2.24) is 10.2 Å². The Bertz CT molecular complexity index is 1040. The molecule has 4 rings (SSSR count). The molecule has 0 bridgehead atoms. The maximum absolute atomic E-state index is 13.4. The molecule has 1 aromatic carbocycles. The Morgan fingerprint density at radius 1 is 1.10 bits per heavy atom. The van der Waals surface area contributed by atoms with Crippen LogP contribution in [0.4, 0.5) is 0 Å². The monoisotopic (exact) mass is 418 g/mol. The second kappa shape index (κ2) is 8.98. The van der Waals surface area contributed by atoms with Crippen LogP contribution in [0.3, 0.4) is 0 Å². The number of carbonyl (C=O) groups excluding carboxylic acids is 1. The fourth-order valence-electron chi connectivity index (χ4n) is 4.39. The lowest BCUT2D eigenvalue weighted by atomic mass is 9.87. The molecule has 0 radical (unpaired) electrons. The van der Waals surface area contributed by atoms with Crippen molar-refractivity contribution in [3.8, 4) is 11.5 Å². The van der Waals surface area contributed by atoms with Crippen LogP contribution in [0.1, 0.15) is 32.3 Å². The molecule has 3 aliphatic heterocycles. The van der Waals surface area contributed by atoms with Crippen molar-refractivity contribution in [3.05, 3.63) is 76.7 Å². The highest BCUT2D eigenvalue weighted by atomic mass is 16.5. The summed E-state index contributed by atoms with van der Waals surface area (Å²) in [6.07, 6.45) is 12.2. The quantitative estimate of drug-likeness (QED) is 0.776. The van der Waals surface area contributed by atoms with Gasteiger partial charge in [-0.05, 0) is 78.3 Å². The molecule has 1 unspecified atom stereocenters. The first-order chi connectivity index (χ1) is 15.0. The van der Waals surface area contributed by atoms with Gasteiger partial charge in [-0.25, -0.2) is 0 Å². The van der Waals surface area contributed by atoms with Crippen molar-refractivity contribution in [3.63, 3.8) is 0 Å². The first-order valence-corrected chi connectivity index (χ1v) is 10.8. The van der Waals surface area contributed by atoms with E-state index >= 15 is 0 Å². The molecule has 0 spiro atoms. The number of ether oxygens (including phenoxy) is 2. The molecule has 0 aliphatic carbocycles. The minimum Gasteiger partial charge on any atom is -0.493 e. The zero-order chi connectivity index (χ0) is 22.0. The van der Waals surface area contributed by atoms with Gasteiger partial charge in [0.15, 0.2) is 11.5 Å². The lowest BCUT2D eigenvalue weighted by Gasteiger charge is -2.31. The van der Waals surface area contributed by atoms with Crippen LogP contribution in [0.25, 0.3) is 5.57 Å². The number of hydrogen-bond acceptors (Lipinski definition) is 4. The van der Waals surface area contributed by atoms with Gasteiger partial charge < -0.3 is 14.8 Å². The summed E-state index contributed by atoms with van der Waals surface area (Å²) in [5.74, 6) is 1.51. The van der Waals surface area contributed by atoms with E-state index in [-0.39, 0.29) is 11.8 Å². The number of carbonyl (C=O) groups is 1. The Labute approximate surface area is 184 Å². The molecule has 1 atom stereocenters. The number of hydrogen-bond donors (Lipinski definition) is 1. The van der Waals surface area contributed by atoms with E-state index in [2.05, 4.69) is 37.4 Å². The molecule has 1 N–H and O–H groups in total. The van der Waals surface area contributed by atoms with E-state index < -0.39 is 0 Å². The predicted molar refractivity (Wildman–Crippen MR) is 124 cm³/mol. The summed E-state index contributed by atoms with van der Waals surface area (Å²) < 4.78 is 10.8. The van der Waals surface area contributed by atoms with E-state index in [4.69, 9.17) is 9.47 Å². The number of allylic oxidation sites excluding steroid dienone is 5. The van der Waals surface area contributed by atoms with Gasteiger partial charge in [-0.2, -0.15) is 0 Å². The van der Waals surface area contributed by atoms with Crippen LogP contribution in [0.15, 0.2) is 71.1 Å². The van der Waals surface area contributed by atoms with Crippen molar-refractivity contribution in [2.45, 2.75) is 26.7 Å². The van der Waals surface area contributed by atoms with E-state index in [9.17, 15) is 4.79 Å². The highest BCUT2D eigenvalue weighted by molar-refractivity contribution is 5.98. The zero-order valence-corrected chi connectivity index (χ0v) is 18.7. The van der Waals surface area contributed by atoms with Crippen molar-refractivity contribution < 1.29 is 14.3 Å². The van der Waals surface area contributed by atoms with Crippen LogP contribution in [0, 0.1) is 5.92 Å². The summed E-state index contributed by atoms with van der Waals surface area (Å²) in [5, 5.41) is 3.35. The molecule has 1 aromatic rings. The molecule has 0 saturated heterocycles. The third-order valence-electron chi connectivity index (χ3n) is 6.17. The topological polar surface area (TPSA) is 50.8 Å². The Kier molecular flexibility index (Phi) is 6.14. The van der Waals surface area contributed by atoms with Crippen molar-refractivity contribution in [1.29, 1.82) is 0 Å². The van der Waals surface area contributed by atoms with Crippen LogP contribution in [0.5, 0.6) is 11.5 Å². The number of amides is 1. The number of rotatable bonds is 4. The second-order valence-corrected chi connectivity index (χ2v) is 8.20. The third kappa shape index (κ3) is 4.23. The second-order valence-electron chi connectivity index (χ2n) is 8.20. The molecule has 3 aliphatic rings. The molecule has 162 valence electrons. The SMILES string of the molecule is COc1ccc(C2=CC(=O)N3C=C(C4=CCNCC4)C=C(C)C3=CCC2C)cc1OC. The average molecular weight is 419 g/mol. The molecule has 1 amide bonds. The Balaban J connectivity index is 1.72. The van der Waals surface area contributed by atoms with Crippen LogP contribution in [-0.4, -0.2) is 38.1 Å². The number of methoxy groups -OCH3 is 2. The fraction of sp³-hybridized carbons (Fsp3) is 0.346. The van der Waals surface area contributed by atoms with Crippen molar-refractivity contribution in [2.75, 3.05) is 27.3 Å². The third-order valence-corrected chi connectivity index (χ3v) is 6.17. The maximum Gasteiger partial charge on any atom is 0.255 e. The van der Waals surface area contributed by atoms with Crippen LogP contribution in [-0.2, 0) is 4.79 Å². The fourth-order valence-corrected chi connectivity index (χ4v) is 4.39. The van der Waals surface area contributed by atoms with E-state index in [1.165, 1.54) is 5.57 Å². The van der Waals surface area contributed by atoms with Crippen LogP contribution in [0.2, 0.25) is 0 Å². The highest BCUT2D eigenvalue weighted by Gasteiger charge is 2.26. The van der Waals surface area contributed by atoms with Gasteiger partial charge in [-0.15, -0.1) is 0 Å². The molecule has 5 heteroatoms. The number of nitrogens with one attached hydrogen (secondary N) is 1. The van der Waals surface area contributed by atoms with Crippen molar-refractivity contribution >= 4 is 11.5 Å². The van der Waals surface area contributed by atoms with Gasteiger partial charge in [0, 0.05) is 24.5 Å². The first kappa shape index (κ1) is 21.2. The predicted octanol–water partition coefficient (Wildman–Crippen LogP) is 4.60. The van der Waals surface area contributed by atoms with Gasteiger partial charge in [0.1, 0.15) is 0 Å². The van der Waals surface area contributed by atoms with E-state index in [0.29, 0.717) is 11.5 Å². The van der Waals surface area contributed by atoms with Gasteiger partial charge in [0.25, 0.3) is 5.91 Å². The van der Waals surface area contributed by atoms with Gasteiger partial charge >= 0.3 is 0 Å². The van der Waals surface area contributed by atoms with Gasteiger partial charge in [-0.3, -0.25) is 9.69 Å². The summed E-state index contributed by atoms with van der Waals surface area (Å²) in [5.41, 5.74) is 6.51. The molecule has 0 fully saturated rings. The highest BCUT2D eigenvalue weighted by Crippen LogP contribution is 2.37. The lowest BCUT2D eigenvalue weighted by molar-refractivity contribution is -0.122. The van der Waals surface area contributed by atoms with E-state index in [1.807, 2.05) is 24.4 Å². The Hall–Kier alpha value is -3.05. The number of nitrogens with zero attached hydrogens (tertiary/aromatic N) is 1. The molecule has 5 nitrogen and oxygen atoms in total. The number of benzene rings is 1. The minimum atomic E-state index is -0.0259. The van der Waals surface area contributed by atoms with Crippen LogP contribution >= 0.6 is 0 Å². The maximum atomic E-state index is 13.4. The Morgan fingerprint density at radius 2 is 1.90 bits per heavy atom. The minimum absolute atomic E-state index is 0.0259. The van der Waals surface area contributed by atoms with Crippen molar-refractivity contribution in [2.24, 2.45) is 5.92 Å². The molecule has 31 heavy (non-hydrogen) atoms. The van der Waals surface area contributed by atoms with Gasteiger partial charge in [-0.1, -0.05) is 25.1 Å². The van der Waals surface area contributed by atoms with Crippen LogP contribution < -0.4 is 14.8 Å². The van der Waals surface area contributed by atoms with Gasteiger partial charge in [0.2, 0.25) is 0 Å². The molecular weight excluding hydrogens is 388 g/mol. The standard InChI is InChI=1S/C26H30N2O3/c1-17-5-7-23-18(2)13-21(19-9-11-27-12-10-19)16-28(23)26(29)15-22(17)20-6-8-24(30-3)25(14-20)31-4/h6-9,13-17,27H,5,10-12H2,1-4H3. The van der Waals surface area contributed by atoms with Gasteiger partial charge in [0.05, 0.1) is 14.2 Å². The number of fused-ring (bicyclic) bond motifs is 1. The molecule has 0 aromatic heterocycles. The zero-order valence-electron chi connectivity index (χ0n) is 18.7. The average Bonchev–Trinajstić information content (AvgIpc) is 2.80. The summed E-state index contributed by atoms with van der Waals surface area (Å²) >= 11 is 0. The lowest BCUT2D eigenvalue weighted by Crippen LogP contribution is -2.29. The molecule has 3 heterocycles. The normalized spacial score (nSPS) is 21.5. The van der Waals surface area contributed by atoms with E-state index in [1.54, 1.807) is 25.2 Å². The largest absolute Gasteiger partial charge is 0.493 e. The molecule has 0 saturated carbocycles. The smallest absolute Gasteiger partial charge is 0.255 e. The summed E-state index contributed by atoms with van der Waals surface area (Å²) in [6.45, 7) is 6.09. The summed E-state index contributed by atoms with van der Waals surface area (Å²) in [7, 11) is 3.25. The summed E-state index contributed by atoms with van der Waals surface area (Å²) in [4.78, 5) is 15.2. The first-order valence-electron chi connectivity index (χ1n) is 10.8. The van der Waals surface area contributed by atoms with E-state index in [0.717, 1.165) is 53.9 Å². The Morgan fingerprint density at radius 3 is 2.61 bits per heavy atom.